The zero-order valence-electron chi connectivity index (χ0n) is 34.7. The lowest BCUT2D eigenvalue weighted by molar-refractivity contribution is 0.697. The molecule has 2 aliphatic carbocycles. The lowest BCUT2D eigenvalue weighted by Gasteiger charge is -2.36. The lowest BCUT2D eigenvalue weighted by Crippen LogP contribution is -2.30. The van der Waals surface area contributed by atoms with E-state index in [2.05, 4.69) is 240 Å². The van der Waals surface area contributed by atoms with E-state index in [9.17, 15) is 0 Å². The van der Waals surface area contributed by atoms with Crippen LogP contribution in [0, 0.1) is 0 Å². The molecule has 0 unspecified atom stereocenters. The maximum atomic E-state index is 2.39. The molecule has 2 heteroatoms. The SMILES string of the molecule is C1=CC2=C(CC1)C(c1ccc(-c3ccc(-n4c5ccccc5c5ccccc54)cc3)cc1)(c1ccc(-c3ccc(-n4c5ccccc5c5ccccc54)cc3)cc1)c1ccccc12. The molecule has 13 rings (SSSR count). The summed E-state index contributed by atoms with van der Waals surface area (Å²) in [6.45, 7) is 0. The van der Waals surface area contributed by atoms with Gasteiger partial charge in [0.2, 0.25) is 0 Å². The first-order valence-corrected chi connectivity index (χ1v) is 22.1. The molecular weight excluding hydrogens is 761 g/mol. The van der Waals surface area contributed by atoms with Crippen molar-refractivity contribution in [1.29, 1.82) is 0 Å². The number of benzene rings is 9. The summed E-state index contributed by atoms with van der Waals surface area (Å²) < 4.78 is 4.77. The first kappa shape index (κ1) is 35.8. The number of nitrogens with zero attached hydrogens (tertiary/aromatic N) is 2. The molecule has 0 spiro atoms. The number of aromatic nitrogens is 2. The van der Waals surface area contributed by atoms with E-state index in [-0.39, 0.29) is 0 Å². The summed E-state index contributed by atoms with van der Waals surface area (Å²) in [7, 11) is 0. The first-order valence-electron chi connectivity index (χ1n) is 22.1. The largest absolute Gasteiger partial charge is 0.309 e. The van der Waals surface area contributed by atoms with Gasteiger partial charge in [-0.3, -0.25) is 0 Å². The van der Waals surface area contributed by atoms with Gasteiger partial charge in [-0.15, -0.1) is 0 Å². The average molecular weight is 803 g/mol. The maximum Gasteiger partial charge on any atom is 0.0676 e. The fraction of sp³-hybridized carbons (Fsp3) is 0.0492. The molecular formula is C61H42N2. The molecule has 11 aromatic rings. The van der Waals surface area contributed by atoms with Crippen molar-refractivity contribution in [3.05, 3.63) is 258 Å². The summed E-state index contributed by atoms with van der Waals surface area (Å²) in [5.41, 5.74) is 19.9. The highest BCUT2D eigenvalue weighted by atomic mass is 15.0. The van der Waals surface area contributed by atoms with Crippen LogP contribution in [0.3, 0.4) is 0 Å². The molecule has 0 saturated heterocycles. The van der Waals surface area contributed by atoms with Gasteiger partial charge in [-0.1, -0.05) is 182 Å². The molecule has 296 valence electrons. The second kappa shape index (κ2) is 14.1. The van der Waals surface area contributed by atoms with Crippen LogP contribution in [0.2, 0.25) is 0 Å². The molecule has 2 aromatic heterocycles. The molecule has 0 N–H and O–H groups in total. The molecule has 0 fully saturated rings. The molecule has 0 amide bonds. The smallest absolute Gasteiger partial charge is 0.0676 e. The van der Waals surface area contributed by atoms with Gasteiger partial charge in [0.1, 0.15) is 0 Å². The van der Waals surface area contributed by atoms with Gasteiger partial charge in [0.05, 0.1) is 27.5 Å². The normalized spacial score (nSPS) is 14.2. The number of hydrogen-bond donors (Lipinski definition) is 0. The quantitative estimate of drug-likeness (QED) is 0.158. The first-order chi connectivity index (χ1) is 31.3. The Morgan fingerprint density at radius 1 is 0.349 bits per heavy atom. The topological polar surface area (TPSA) is 9.86 Å². The summed E-state index contributed by atoms with van der Waals surface area (Å²) in [5.74, 6) is 0. The standard InChI is InChI=1S/C61H42N2/c1-7-19-55-49(13-1)50-14-2-8-20-56(50)61(55,45-33-25-41(26-34-45)43-29-37-47(38-30-43)62-57-21-9-3-15-51(57)52-16-4-10-22-58(52)62)46-35-27-42(28-36-46)44-31-39-48(40-32-44)63-59-23-11-5-17-53(59)54-18-6-12-24-60(54)63/h1-7,9-19,21-40H,8,20H2. The minimum atomic E-state index is -0.394. The van der Waals surface area contributed by atoms with Gasteiger partial charge in [-0.2, -0.15) is 0 Å². The van der Waals surface area contributed by atoms with Crippen LogP contribution in [0.5, 0.6) is 0 Å². The van der Waals surface area contributed by atoms with Crippen LogP contribution >= 0.6 is 0 Å². The number of fused-ring (bicyclic) bond motifs is 8. The molecule has 2 nitrogen and oxygen atoms in total. The third-order valence-electron chi connectivity index (χ3n) is 14.0. The summed E-state index contributed by atoms with van der Waals surface area (Å²) in [4.78, 5) is 0. The molecule has 0 radical (unpaired) electrons. The Kier molecular flexibility index (Phi) is 7.98. The van der Waals surface area contributed by atoms with Crippen molar-refractivity contribution in [3.63, 3.8) is 0 Å². The van der Waals surface area contributed by atoms with E-state index >= 15 is 0 Å². The van der Waals surface area contributed by atoms with Crippen molar-refractivity contribution >= 4 is 49.2 Å². The van der Waals surface area contributed by atoms with Gasteiger partial charge in [-0.05, 0) is 117 Å². The van der Waals surface area contributed by atoms with Crippen LogP contribution < -0.4 is 0 Å². The fourth-order valence-electron chi connectivity index (χ4n) is 11.2. The molecule has 0 saturated carbocycles. The monoisotopic (exact) mass is 802 g/mol. The van der Waals surface area contributed by atoms with E-state index in [1.807, 2.05) is 0 Å². The predicted octanol–water partition coefficient (Wildman–Crippen LogP) is 15.7. The van der Waals surface area contributed by atoms with E-state index in [0.29, 0.717) is 0 Å². The van der Waals surface area contributed by atoms with Crippen molar-refractivity contribution in [2.24, 2.45) is 0 Å². The van der Waals surface area contributed by atoms with E-state index in [1.54, 1.807) is 0 Å². The Morgan fingerprint density at radius 2 is 0.714 bits per heavy atom. The Hall–Kier alpha value is -7.94. The third kappa shape index (κ3) is 5.31. The molecule has 2 heterocycles. The molecule has 9 aromatic carbocycles. The highest BCUT2D eigenvalue weighted by Gasteiger charge is 2.47. The summed E-state index contributed by atoms with van der Waals surface area (Å²) in [5, 5.41) is 5.12. The average Bonchev–Trinajstić information content (AvgIpc) is 3.99. The Bertz CT molecular complexity index is 3320. The zero-order chi connectivity index (χ0) is 41.5. The fourth-order valence-corrected chi connectivity index (χ4v) is 11.2. The zero-order valence-corrected chi connectivity index (χ0v) is 34.7. The van der Waals surface area contributed by atoms with Gasteiger partial charge < -0.3 is 9.13 Å². The van der Waals surface area contributed by atoms with Crippen molar-refractivity contribution < 1.29 is 0 Å². The highest BCUT2D eigenvalue weighted by Crippen LogP contribution is 2.57. The molecule has 0 bridgehead atoms. The number of hydrogen-bond acceptors (Lipinski definition) is 0. The Balaban J connectivity index is 0.874. The summed E-state index contributed by atoms with van der Waals surface area (Å²) in [6, 6.07) is 81.0. The van der Waals surface area contributed by atoms with Gasteiger partial charge in [0, 0.05) is 32.9 Å². The number of para-hydroxylation sites is 4. The van der Waals surface area contributed by atoms with E-state index < -0.39 is 5.41 Å². The second-order valence-corrected chi connectivity index (χ2v) is 17.1. The number of rotatable bonds is 6. The molecule has 2 aliphatic rings. The number of allylic oxidation sites excluding steroid dienone is 4. The van der Waals surface area contributed by atoms with Crippen LogP contribution in [0.1, 0.15) is 35.1 Å². The molecule has 0 aliphatic heterocycles. The van der Waals surface area contributed by atoms with Gasteiger partial charge in [-0.25, -0.2) is 0 Å². The van der Waals surface area contributed by atoms with Crippen LogP contribution in [0.15, 0.2) is 236 Å². The molecule has 63 heavy (non-hydrogen) atoms. The van der Waals surface area contributed by atoms with Gasteiger partial charge in [0.15, 0.2) is 0 Å². The third-order valence-corrected chi connectivity index (χ3v) is 14.0. The van der Waals surface area contributed by atoms with Crippen molar-refractivity contribution in [3.8, 4) is 33.6 Å². The maximum absolute atomic E-state index is 2.39. The van der Waals surface area contributed by atoms with Gasteiger partial charge in [0.25, 0.3) is 0 Å². The second-order valence-electron chi connectivity index (χ2n) is 17.1. The van der Waals surface area contributed by atoms with Crippen molar-refractivity contribution in [1.82, 2.24) is 9.13 Å². The molecule has 0 atom stereocenters. The Morgan fingerprint density at radius 3 is 1.14 bits per heavy atom. The minimum Gasteiger partial charge on any atom is -0.309 e. The summed E-state index contributed by atoms with van der Waals surface area (Å²) in [6.07, 6.45) is 6.79. The van der Waals surface area contributed by atoms with E-state index in [0.717, 1.165) is 12.8 Å². The van der Waals surface area contributed by atoms with Gasteiger partial charge >= 0.3 is 0 Å². The van der Waals surface area contributed by atoms with Crippen LogP contribution in [0.4, 0.5) is 0 Å². The van der Waals surface area contributed by atoms with E-state index in [4.69, 9.17) is 0 Å². The summed E-state index contributed by atoms with van der Waals surface area (Å²) >= 11 is 0. The van der Waals surface area contributed by atoms with Crippen molar-refractivity contribution in [2.75, 3.05) is 0 Å². The van der Waals surface area contributed by atoms with Crippen LogP contribution in [0.25, 0.3) is 82.8 Å². The van der Waals surface area contributed by atoms with E-state index in [1.165, 1.54) is 111 Å². The van der Waals surface area contributed by atoms with Crippen molar-refractivity contribution in [2.45, 2.75) is 18.3 Å². The highest BCUT2D eigenvalue weighted by molar-refractivity contribution is 6.10. The van der Waals surface area contributed by atoms with Crippen LogP contribution in [-0.2, 0) is 5.41 Å². The minimum absolute atomic E-state index is 0.394. The van der Waals surface area contributed by atoms with Crippen LogP contribution in [-0.4, -0.2) is 9.13 Å². The Labute approximate surface area is 367 Å². The lowest BCUT2D eigenvalue weighted by atomic mass is 9.65. The predicted molar refractivity (Wildman–Crippen MR) is 264 cm³/mol.